The van der Waals surface area contributed by atoms with Gasteiger partial charge >= 0.3 is 0 Å². The fraction of sp³-hybridized carbons (Fsp3) is 0.381. The minimum Gasteiger partial charge on any atom is -0.490 e. The molecule has 1 saturated heterocycles. The molecule has 2 aliphatic rings. The number of nitrogens with zero attached hydrogens (tertiary/aromatic N) is 3. The molecule has 2 aromatic heterocycles. The van der Waals surface area contributed by atoms with E-state index in [1.807, 2.05) is 6.20 Å². The summed E-state index contributed by atoms with van der Waals surface area (Å²) in [7, 11) is 0. The summed E-state index contributed by atoms with van der Waals surface area (Å²) >= 11 is 0. The van der Waals surface area contributed by atoms with E-state index in [1.165, 1.54) is 12.8 Å². The van der Waals surface area contributed by atoms with Crippen molar-refractivity contribution in [3.8, 4) is 16.9 Å². The van der Waals surface area contributed by atoms with Crippen molar-refractivity contribution in [3.63, 3.8) is 0 Å². The number of H-pyrrole nitrogens is 1. The van der Waals surface area contributed by atoms with E-state index < -0.39 is 0 Å². The highest BCUT2D eigenvalue weighted by Gasteiger charge is 2.16. The van der Waals surface area contributed by atoms with Crippen molar-refractivity contribution in [2.24, 2.45) is 4.99 Å². The molecule has 144 valence electrons. The molecule has 3 aromatic rings. The first-order valence-corrected chi connectivity index (χ1v) is 9.95. The lowest BCUT2D eigenvalue weighted by atomic mass is 10.0. The van der Waals surface area contributed by atoms with Crippen molar-refractivity contribution in [3.05, 3.63) is 42.4 Å². The van der Waals surface area contributed by atoms with Crippen LogP contribution in [-0.2, 0) is 0 Å². The fourth-order valence-electron chi connectivity index (χ4n) is 3.82. The Morgan fingerprint density at radius 2 is 2.07 bits per heavy atom. The third-order valence-corrected chi connectivity index (χ3v) is 5.34. The van der Waals surface area contributed by atoms with Crippen molar-refractivity contribution in [2.45, 2.75) is 25.3 Å². The van der Waals surface area contributed by atoms with Crippen LogP contribution in [0.3, 0.4) is 0 Å². The summed E-state index contributed by atoms with van der Waals surface area (Å²) in [6.07, 6.45) is 7.11. The van der Waals surface area contributed by atoms with E-state index in [0.29, 0.717) is 12.6 Å². The summed E-state index contributed by atoms with van der Waals surface area (Å²) < 4.78 is 5.97. The number of amidine groups is 1. The first-order chi connectivity index (χ1) is 13.9. The van der Waals surface area contributed by atoms with Crippen LogP contribution >= 0.6 is 0 Å². The van der Waals surface area contributed by atoms with Gasteiger partial charge in [0.1, 0.15) is 23.9 Å². The van der Waals surface area contributed by atoms with Gasteiger partial charge in [-0.15, -0.1) is 0 Å². The quantitative estimate of drug-likeness (QED) is 0.637. The lowest BCUT2D eigenvalue weighted by Crippen LogP contribution is -2.30. The highest BCUT2D eigenvalue weighted by atomic mass is 16.5. The Morgan fingerprint density at radius 1 is 1.07 bits per heavy atom. The Labute approximate surface area is 163 Å². The number of benzene rings is 1. The van der Waals surface area contributed by atoms with Gasteiger partial charge in [-0.1, -0.05) is 6.07 Å². The van der Waals surface area contributed by atoms with Crippen molar-refractivity contribution in [1.82, 2.24) is 25.8 Å². The van der Waals surface area contributed by atoms with Crippen LogP contribution in [0.1, 0.15) is 25.0 Å². The second-order valence-electron chi connectivity index (χ2n) is 7.36. The predicted octanol–water partition coefficient (Wildman–Crippen LogP) is 2.50. The normalized spacial score (nSPS) is 19.4. The maximum Gasteiger partial charge on any atom is 0.149 e. The van der Waals surface area contributed by atoms with Crippen LogP contribution in [0.25, 0.3) is 22.0 Å². The Bertz CT molecular complexity index is 1010. The average molecular weight is 376 g/mol. The van der Waals surface area contributed by atoms with Gasteiger partial charge in [0, 0.05) is 36.3 Å². The number of aromatic nitrogens is 3. The Hall–Kier alpha value is -2.93. The zero-order valence-corrected chi connectivity index (χ0v) is 15.7. The standard InChI is InChI=1S/C21H24N6O/c1-3-16(23-6-1)13-28-17-9-15(11-22-12-17)14-4-5-19-18(10-14)20(27-26-19)21-24-7-2-8-25-21/h4-5,9-12,16,23H,1-3,6-8,13H2,(H,24,25)(H,26,27). The van der Waals surface area contributed by atoms with Crippen LogP contribution in [0.2, 0.25) is 0 Å². The SMILES string of the molecule is c1ncc(-c2ccc3[nH]nc(C4=NCCCN4)c3c2)cc1OCC1CCCN1. The van der Waals surface area contributed by atoms with E-state index in [0.717, 1.165) is 65.4 Å². The summed E-state index contributed by atoms with van der Waals surface area (Å²) in [6, 6.07) is 8.78. The van der Waals surface area contributed by atoms with E-state index in [9.17, 15) is 0 Å². The summed E-state index contributed by atoms with van der Waals surface area (Å²) in [4.78, 5) is 8.97. The van der Waals surface area contributed by atoms with Crippen molar-refractivity contribution in [1.29, 1.82) is 0 Å². The van der Waals surface area contributed by atoms with E-state index >= 15 is 0 Å². The fourth-order valence-corrected chi connectivity index (χ4v) is 3.82. The molecule has 0 radical (unpaired) electrons. The molecule has 1 aromatic carbocycles. The number of hydrogen-bond donors (Lipinski definition) is 3. The smallest absolute Gasteiger partial charge is 0.149 e. The molecule has 0 saturated carbocycles. The van der Waals surface area contributed by atoms with Crippen LogP contribution < -0.4 is 15.4 Å². The molecule has 1 atom stereocenters. The van der Waals surface area contributed by atoms with E-state index in [2.05, 4.69) is 55.1 Å². The van der Waals surface area contributed by atoms with Gasteiger partial charge in [-0.25, -0.2) is 0 Å². The number of hydrogen-bond acceptors (Lipinski definition) is 6. The minimum absolute atomic E-state index is 0.442. The van der Waals surface area contributed by atoms with Gasteiger partial charge in [-0.2, -0.15) is 5.10 Å². The van der Waals surface area contributed by atoms with Gasteiger partial charge in [0.2, 0.25) is 0 Å². The monoisotopic (exact) mass is 376 g/mol. The zero-order valence-electron chi connectivity index (χ0n) is 15.7. The number of ether oxygens (including phenoxy) is 1. The summed E-state index contributed by atoms with van der Waals surface area (Å²) in [5, 5.41) is 15.5. The summed E-state index contributed by atoms with van der Waals surface area (Å²) in [6.45, 7) is 3.54. The topological polar surface area (TPSA) is 87.2 Å². The van der Waals surface area contributed by atoms with Gasteiger partial charge in [-0.3, -0.25) is 15.1 Å². The van der Waals surface area contributed by atoms with Crippen molar-refractivity contribution < 1.29 is 4.74 Å². The molecule has 1 fully saturated rings. The minimum atomic E-state index is 0.442. The third kappa shape index (κ3) is 3.45. The van der Waals surface area contributed by atoms with Gasteiger partial charge < -0.3 is 15.4 Å². The second kappa shape index (κ2) is 7.59. The molecule has 3 N–H and O–H groups in total. The van der Waals surface area contributed by atoms with E-state index in [1.54, 1.807) is 6.20 Å². The molecule has 0 bridgehead atoms. The van der Waals surface area contributed by atoms with Crippen LogP contribution in [0.15, 0.2) is 41.7 Å². The predicted molar refractivity (Wildman–Crippen MR) is 110 cm³/mol. The maximum absolute atomic E-state index is 5.97. The van der Waals surface area contributed by atoms with Crippen LogP contribution in [0, 0.1) is 0 Å². The van der Waals surface area contributed by atoms with E-state index in [4.69, 9.17) is 4.74 Å². The molecule has 1 unspecified atom stereocenters. The number of nitrogens with one attached hydrogen (secondary N) is 3. The zero-order chi connectivity index (χ0) is 18.8. The van der Waals surface area contributed by atoms with Crippen molar-refractivity contribution >= 4 is 16.7 Å². The van der Waals surface area contributed by atoms with Gasteiger partial charge in [0.05, 0.1) is 11.7 Å². The molecule has 0 aliphatic carbocycles. The van der Waals surface area contributed by atoms with Crippen LogP contribution in [0.5, 0.6) is 5.75 Å². The Morgan fingerprint density at radius 3 is 2.93 bits per heavy atom. The second-order valence-corrected chi connectivity index (χ2v) is 7.36. The first kappa shape index (κ1) is 17.2. The van der Waals surface area contributed by atoms with Gasteiger partial charge in [0.15, 0.2) is 0 Å². The molecular weight excluding hydrogens is 352 g/mol. The molecule has 7 heteroatoms. The summed E-state index contributed by atoms with van der Waals surface area (Å²) in [5.74, 6) is 1.67. The number of pyridine rings is 1. The molecular formula is C21H24N6O. The Balaban J connectivity index is 1.42. The van der Waals surface area contributed by atoms with Crippen molar-refractivity contribution in [2.75, 3.05) is 26.2 Å². The molecule has 28 heavy (non-hydrogen) atoms. The molecule has 7 nitrogen and oxygen atoms in total. The number of aromatic amines is 1. The lowest BCUT2D eigenvalue weighted by molar-refractivity contribution is 0.276. The molecule has 0 spiro atoms. The van der Waals surface area contributed by atoms with Crippen LogP contribution in [-0.4, -0.2) is 53.3 Å². The first-order valence-electron chi connectivity index (χ1n) is 9.95. The molecule has 5 rings (SSSR count). The molecule has 2 aliphatic heterocycles. The highest BCUT2D eigenvalue weighted by molar-refractivity contribution is 6.08. The van der Waals surface area contributed by atoms with Crippen LogP contribution in [0.4, 0.5) is 0 Å². The van der Waals surface area contributed by atoms with Gasteiger partial charge in [-0.05, 0) is 49.6 Å². The third-order valence-electron chi connectivity index (χ3n) is 5.34. The number of rotatable bonds is 5. The molecule has 4 heterocycles. The number of aliphatic imine (C=N–C) groups is 1. The largest absolute Gasteiger partial charge is 0.490 e. The van der Waals surface area contributed by atoms with Gasteiger partial charge in [0.25, 0.3) is 0 Å². The maximum atomic E-state index is 5.97. The summed E-state index contributed by atoms with van der Waals surface area (Å²) in [5.41, 5.74) is 4.00. The lowest BCUT2D eigenvalue weighted by Gasteiger charge is -2.13. The highest BCUT2D eigenvalue weighted by Crippen LogP contribution is 2.27. The van der Waals surface area contributed by atoms with E-state index in [-0.39, 0.29) is 0 Å². The Kier molecular flexibility index (Phi) is 4.66. The molecule has 0 amide bonds. The average Bonchev–Trinajstić information content (AvgIpc) is 3.42. The number of fused-ring (bicyclic) bond motifs is 1.